The van der Waals surface area contributed by atoms with E-state index in [-0.39, 0.29) is 36.0 Å². The summed E-state index contributed by atoms with van der Waals surface area (Å²) in [5, 5.41) is 60.1. The number of nitro groups is 1. The number of alkyl halides is 5. The largest absolute Gasteiger partial charge is 0.481 e. The molecule has 1 aromatic heterocycles. The van der Waals surface area contributed by atoms with Crippen LogP contribution in [0.1, 0.15) is 46.3 Å². The summed E-state index contributed by atoms with van der Waals surface area (Å²) in [5.74, 6) is 0.214. The fraction of sp³-hybridized carbons (Fsp3) is 0.731. The number of carboxylic acids is 1. The Kier molecular flexibility index (Phi) is 31.6. The van der Waals surface area contributed by atoms with Crippen molar-refractivity contribution in [1.29, 1.82) is 0 Å². The standard InChI is InChI=1S/C9H13N3O2S.C5H6F4N2O7.C5H8O2.C4H8N2O5.C3H5FN2O6/c1-2-8-14-7(5-15-8)12-4-3-6(10)11-9(12)13;6-4(7)5(8,9)16-1-3(18-11(14)15)2-17-10(12)13;1-4(2)3-5(6)7;1-2-4(3-5(7)8)11-6(9)10;4-1-3(12-6(9)10)2-11-5(7)8/h3-4,7-8H,2,5H2,1H3,(H2,10,11,13);3-4H,1-2H2;1,3H2,2H3,(H,6,7);4H,2-3H2,1H3;3H,1-2H2/t7-,8+;;;;/m1..../s1. The SMILES string of the molecule is C=C(C)CC(=O)O.CCC(C[N+](=O)[O-])O[N+](=O)[O-].CC[C@H]1O[C@@H](n2ccc(N)nc2=O)CS1.O=[N+]([O-])OCC(CF)O[N+](=O)[O-].O=[N+]([O-])OCC(COC(F)(F)C(F)F)O[N+](=O)[O-]. The van der Waals surface area contributed by atoms with E-state index in [0.717, 1.165) is 12.2 Å². The average Bonchev–Trinajstić information content (AvgIpc) is 3.63. The second-order valence-electron chi connectivity index (χ2n) is 11.0. The van der Waals surface area contributed by atoms with Crippen LogP contribution in [0.15, 0.2) is 29.2 Å². The third-order valence-corrected chi connectivity index (χ3v) is 7.11. The monoisotopic (exact) mass is 957 g/mol. The Balaban J connectivity index is -0.000000736. The van der Waals surface area contributed by atoms with Crippen LogP contribution in [0, 0.1) is 60.7 Å². The maximum absolute atomic E-state index is 12.3. The molecule has 2 rings (SSSR count). The van der Waals surface area contributed by atoms with Crippen molar-refractivity contribution in [2.24, 2.45) is 0 Å². The number of thioether (sulfide) groups is 1. The van der Waals surface area contributed by atoms with Crippen molar-refractivity contribution in [2.75, 3.05) is 44.5 Å². The lowest BCUT2D eigenvalue weighted by molar-refractivity contribution is -0.790. The topological polar surface area (TPSA) is 422 Å². The third kappa shape index (κ3) is 34.6. The van der Waals surface area contributed by atoms with E-state index in [1.807, 2.05) is 0 Å². The summed E-state index contributed by atoms with van der Waals surface area (Å²) in [6.45, 7) is 3.66. The summed E-state index contributed by atoms with van der Waals surface area (Å²) in [6, 6.07) is 1.61. The van der Waals surface area contributed by atoms with Crippen LogP contribution in [-0.4, -0.2) is 126 Å². The van der Waals surface area contributed by atoms with Gasteiger partial charge in [0.1, 0.15) is 37.4 Å². The van der Waals surface area contributed by atoms with Crippen LogP contribution in [0.2, 0.25) is 0 Å². The van der Waals surface area contributed by atoms with Gasteiger partial charge in [0.2, 0.25) is 6.54 Å². The van der Waals surface area contributed by atoms with Crippen molar-refractivity contribution in [3.8, 4) is 0 Å². The van der Waals surface area contributed by atoms with E-state index in [1.54, 1.807) is 37.9 Å². The molecule has 1 saturated heterocycles. The molecule has 0 aliphatic carbocycles. The molecule has 5 atom stereocenters. The molecular weight excluding hydrogens is 917 g/mol. The molecule has 362 valence electrons. The predicted molar refractivity (Wildman–Crippen MR) is 193 cm³/mol. The van der Waals surface area contributed by atoms with E-state index in [2.05, 4.69) is 47.4 Å². The van der Waals surface area contributed by atoms with Gasteiger partial charge in [0.05, 0.1) is 13.0 Å². The molecule has 0 spiro atoms. The van der Waals surface area contributed by atoms with Gasteiger partial charge in [-0.1, -0.05) is 26.0 Å². The second-order valence-corrected chi connectivity index (χ2v) is 12.2. The molecule has 1 aromatic rings. The molecule has 1 aliphatic rings. The van der Waals surface area contributed by atoms with Gasteiger partial charge in [-0.05, 0) is 25.8 Å². The first-order chi connectivity index (χ1) is 29.1. The smallest absolute Gasteiger partial charge is 0.416 e. The van der Waals surface area contributed by atoms with E-state index in [9.17, 15) is 92.2 Å². The number of nitrogens with two attached hydrogens (primary N) is 1. The van der Waals surface area contributed by atoms with Crippen LogP contribution in [0.25, 0.3) is 0 Å². The molecule has 63 heavy (non-hydrogen) atoms. The number of anilines is 1. The van der Waals surface area contributed by atoms with Crippen LogP contribution in [0.4, 0.5) is 27.8 Å². The minimum Gasteiger partial charge on any atom is -0.481 e. The second kappa shape index (κ2) is 32.9. The van der Waals surface area contributed by atoms with Crippen LogP contribution in [-0.2, 0) is 38.5 Å². The summed E-state index contributed by atoms with van der Waals surface area (Å²) in [5.41, 5.74) is 5.93. The lowest BCUT2D eigenvalue weighted by Crippen LogP contribution is -2.37. The highest BCUT2D eigenvalue weighted by Crippen LogP contribution is 2.32. The van der Waals surface area contributed by atoms with Crippen molar-refractivity contribution in [3.63, 3.8) is 0 Å². The molecule has 0 bridgehead atoms. The zero-order valence-electron chi connectivity index (χ0n) is 32.7. The number of hydrogen-bond donors (Lipinski definition) is 2. The first-order valence-corrected chi connectivity index (χ1v) is 17.6. The first kappa shape index (κ1) is 60.5. The fourth-order valence-electron chi connectivity index (χ4n) is 3.24. The normalized spacial score (nSPS) is 15.1. The Hall–Kier alpha value is -6.79. The van der Waals surface area contributed by atoms with Gasteiger partial charge in [-0.25, -0.2) is 18.0 Å². The number of carboxylic acid groups (broad SMARTS) is 1. The van der Waals surface area contributed by atoms with E-state index < -0.39 is 100 Å². The number of aliphatic carboxylic acids is 1. The van der Waals surface area contributed by atoms with E-state index in [0.29, 0.717) is 5.57 Å². The number of hydrogen-bond acceptors (Lipinski definition) is 24. The Morgan fingerprint density at radius 1 is 0.952 bits per heavy atom. The van der Waals surface area contributed by atoms with Crippen molar-refractivity contribution in [3.05, 3.63) is 95.6 Å². The molecule has 0 amide bonds. The summed E-state index contributed by atoms with van der Waals surface area (Å²) in [6.07, 6.45) is -10.7. The van der Waals surface area contributed by atoms with E-state index in [1.165, 1.54) is 4.57 Å². The molecule has 1 aliphatic heterocycles. The van der Waals surface area contributed by atoms with Gasteiger partial charge in [-0.15, -0.1) is 62.3 Å². The number of carbonyl (C=O) groups is 1. The van der Waals surface area contributed by atoms with Crippen LogP contribution in [0.5, 0.6) is 0 Å². The number of halogens is 5. The van der Waals surface area contributed by atoms with E-state index in [4.69, 9.17) is 15.6 Å². The van der Waals surface area contributed by atoms with Gasteiger partial charge in [0, 0.05) is 16.9 Å². The summed E-state index contributed by atoms with van der Waals surface area (Å²) >= 11 is 1.72. The predicted octanol–water partition coefficient (Wildman–Crippen LogP) is 2.50. The molecular formula is C26H40F5N9O22S. The lowest BCUT2D eigenvalue weighted by atomic mass is 10.2. The Labute approximate surface area is 351 Å². The number of nitrogen functional groups attached to an aromatic ring is 1. The fourth-order valence-corrected chi connectivity index (χ4v) is 4.30. The van der Waals surface area contributed by atoms with E-state index >= 15 is 0 Å². The molecule has 3 unspecified atom stereocenters. The van der Waals surface area contributed by atoms with Gasteiger partial charge in [0.25, 0.3) is 25.4 Å². The number of ether oxygens (including phenoxy) is 2. The summed E-state index contributed by atoms with van der Waals surface area (Å²) < 4.78 is 70.1. The minimum absolute atomic E-state index is 0.0833. The quantitative estimate of drug-likeness (QED) is 0.0650. The number of nitrogens with zero attached hydrogens (tertiary/aromatic N) is 8. The highest BCUT2D eigenvalue weighted by Gasteiger charge is 2.43. The Morgan fingerprint density at radius 3 is 1.79 bits per heavy atom. The van der Waals surface area contributed by atoms with Crippen molar-refractivity contribution < 1.29 is 95.9 Å². The van der Waals surface area contributed by atoms with Gasteiger partial charge in [-0.2, -0.15) is 13.8 Å². The molecule has 37 heteroatoms. The van der Waals surface area contributed by atoms with Gasteiger partial charge >= 0.3 is 24.2 Å². The van der Waals surface area contributed by atoms with Crippen molar-refractivity contribution >= 4 is 23.5 Å². The molecule has 0 radical (unpaired) electrons. The molecule has 0 saturated carbocycles. The summed E-state index contributed by atoms with van der Waals surface area (Å²) in [4.78, 5) is 101. The van der Waals surface area contributed by atoms with Crippen LogP contribution >= 0.6 is 11.8 Å². The first-order valence-electron chi connectivity index (χ1n) is 16.5. The Bertz CT molecular complexity index is 1640. The molecule has 0 aromatic carbocycles. The van der Waals surface area contributed by atoms with Gasteiger partial charge in [0.15, 0.2) is 18.3 Å². The minimum atomic E-state index is -4.85. The molecule has 31 nitrogen and oxygen atoms in total. The lowest BCUT2D eigenvalue weighted by Gasteiger charge is -2.19. The van der Waals surface area contributed by atoms with Crippen LogP contribution in [0.3, 0.4) is 0 Å². The molecule has 2 heterocycles. The highest BCUT2D eigenvalue weighted by molar-refractivity contribution is 7.99. The van der Waals surface area contributed by atoms with Crippen LogP contribution < -0.4 is 11.4 Å². The third-order valence-electron chi connectivity index (χ3n) is 5.81. The summed E-state index contributed by atoms with van der Waals surface area (Å²) in [7, 11) is 0. The molecule has 3 N–H and O–H groups in total. The number of rotatable bonds is 24. The zero-order valence-corrected chi connectivity index (χ0v) is 33.5. The number of aromatic nitrogens is 2. The average molecular weight is 958 g/mol. The maximum Gasteiger partial charge on any atom is 0.416 e. The van der Waals surface area contributed by atoms with Gasteiger partial charge < -0.3 is 44.5 Å². The van der Waals surface area contributed by atoms with Crippen molar-refractivity contribution in [1.82, 2.24) is 9.55 Å². The molecule has 1 fully saturated rings. The Morgan fingerprint density at radius 2 is 1.44 bits per heavy atom. The van der Waals surface area contributed by atoms with Gasteiger partial charge in [-0.3, -0.25) is 19.5 Å². The van der Waals surface area contributed by atoms with Crippen molar-refractivity contribution in [2.45, 2.75) is 82.5 Å². The zero-order chi connectivity index (χ0) is 49.5. The maximum atomic E-state index is 12.3. The highest BCUT2D eigenvalue weighted by atomic mass is 32.2.